The highest BCUT2D eigenvalue weighted by Crippen LogP contribution is 2.40. The molecule has 0 saturated carbocycles. The molecule has 3 saturated heterocycles. The first kappa shape index (κ1) is 39.1. The number of pyridine rings is 1. The number of aliphatic carboxylic acids is 1. The van der Waals surface area contributed by atoms with E-state index in [1.807, 2.05) is 29.2 Å². The van der Waals surface area contributed by atoms with Gasteiger partial charge in [0, 0.05) is 49.3 Å². The molecule has 7 rings (SSSR count). The van der Waals surface area contributed by atoms with E-state index >= 15 is 0 Å². The lowest BCUT2D eigenvalue weighted by Gasteiger charge is -2.38. The lowest BCUT2D eigenvalue weighted by molar-refractivity contribution is -0.144. The Morgan fingerprint density at radius 2 is 1.69 bits per heavy atom. The first-order chi connectivity index (χ1) is 26.8. The first-order valence-corrected chi connectivity index (χ1v) is 20.2. The van der Waals surface area contributed by atoms with Gasteiger partial charge >= 0.3 is 5.97 Å². The number of hydrogen-bond donors (Lipinski definition) is 1. The molecule has 4 aromatic rings. The van der Waals surface area contributed by atoms with Gasteiger partial charge in [-0.1, -0.05) is 54.4 Å². The standard InChI is InChI=1S/C45H54ClN3O6/c1-32-35(10-5-11-37(32)38-12-6-14-41(33(38)2)53-23-8-19-48-21-15-45(16-22-48)17-24-52-31-45)30-55-43-26-42(54-29-34-9-7-18-47-27-34)36(25-39(43)46)28-49-20-4-3-13-40(49)44(50)51/h5-7,9-12,14,18,25-27,40H,3-4,8,13,15-17,19-24,28-31H2,1-2H3,(H,50,51)/t40-/m0/s1. The van der Waals surface area contributed by atoms with E-state index in [0.29, 0.717) is 61.3 Å². The zero-order valence-electron chi connectivity index (χ0n) is 32.2. The van der Waals surface area contributed by atoms with Gasteiger partial charge in [0.15, 0.2) is 0 Å². The Bertz CT molecular complexity index is 1910. The third-order valence-electron chi connectivity index (χ3n) is 11.9. The molecule has 292 valence electrons. The number of benzene rings is 3. The summed E-state index contributed by atoms with van der Waals surface area (Å²) in [5.74, 6) is 1.24. The van der Waals surface area contributed by atoms with Crippen molar-refractivity contribution in [3.8, 4) is 28.4 Å². The molecule has 0 aliphatic carbocycles. The summed E-state index contributed by atoms with van der Waals surface area (Å²) >= 11 is 6.88. The second-order valence-corrected chi connectivity index (χ2v) is 15.9. The number of carbonyl (C=O) groups is 1. The molecular formula is C45H54ClN3O6. The molecule has 0 amide bonds. The van der Waals surface area contributed by atoms with Crippen LogP contribution in [0, 0.1) is 19.3 Å². The van der Waals surface area contributed by atoms with Crippen molar-refractivity contribution in [2.75, 3.05) is 46.0 Å². The minimum absolute atomic E-state index is 0.308. The lowest BCUT2D eigenvalue weighted by Crippen LogP contribution is -2.44. The van der Waals surface area contributed by atoms with E-state index in [1.165, 1.54) is 19.3 Å². The highest BCUT2D eigenvalue weighted by atomic mass is 35.5. The van der Waals surface area contributed by atoms with Crippen LogP contribution in [0.5, 0.6) is 17.2 Å². The number of aromatic nitrogens is 1. The van der Waals surface area contributed by atoms with Crippen LogP contribution in [0.4, 0.5) is 0 Å². The van der Waals surface area contributed by atoms with Crippen LogP contribution in [0.25, 0.3) is 11.1 Å². The molecule has 1 atom stereocenters. The van der Waals surface area contributed by atoms with Crippen molar-refractivity contribution in [2.45, 2.75) is 84.6 Å². The van der Waals surface area contributed by atoms with E-state index in [-0.39, 0.29) is 0 Å². The molecule has 3 aromatic carbocycles. The molecule has 1 spiro atoms. The number of carboxylic acids is 1. The molecule has 9 nitrogen and oxygen atoms in total. The van der Waals surface area contributed by atoms with Crippen LogP contribution in [0.15, 0.2) is 73.1 Å². The van der Waals surface area contributed by atoms with Gasteiger partial charge in [-0.15, -0.1) is 0 Å². The molecule has 4 heterocycles. The number of carboxylic acid groups (broad SMARTS) is 1. The summed E-state index contributed by atoms with van der Waals surface area (Å²) in [6, 6.07) is 19.6. The molecule has 0 radical (unpaired) electrons. The van der Waals surface area contributed by atoms with Crippen LogP contribution in [-0.4, -0.2) is 77.9 Å². The number of halogens is 1. The zero-order chi connectivity index (χ0) is 38.2. The van der Waals surface area contributed by atoms with Gasteiger partial charge in [0.25, 0.3) is 0 Å². The van der Waals surface area contributed by atoms with Gasteiger partial charge in [-0.2, -0.15) is 0 Å². The van der Waals surface area contributed by atoms with Gasteiger partial charge < -0.3 is 29.0 Å². The highest BCUT2D eigenvalue weighted by molar-refractivity contribution is 6.32. The Kier molecular flexibility index (Phi) is 12.9. The Hall–Kier alpha value is -4.15. The molecule has 10 heteroatoms. The minimum atomic E-state index is -0.799. The van der Waals surface area contributed by atoms with E-state index in [1.54, 1.807) is 12.4 Å². The Morgan fingerprint density at radius 3 is 2.45 bits per heavy atom. The molecule has 0 bridgehead atoms. The second-order valence-electron chi connectivity index (χ2n) is 15.5. The van der Waals surface area contributed by atoms with Crippen LogP contribution in [-0.2, 0) is 29.3 Å². The minimum Gasteiger partial charge on any atom is -0.493 e. The molecule has 3 aliphatic heterocycles. The summed E-state index contributed by atoms with van der Waals surface area (Å²) in [7, 11) is 0. The largest absolute Gasteiger partial charge is 0.493 e. The maximum absolute atomic E-state index is 12.1. The number of nitrogens with zero attached hydrogens (tertiary/aromatic N) is 3. The van der Waals surface area contributed by atoms with Crippen LogP contribution >= 0.6 is 11.6 Å². The van der Waals surface area contributed by atoms with Crippen molar-refractivity contribution in [2.24, 2.45) is 5.41 Å². The number of ether oxygens (including phenoxy) is 4. The van der Waals surface area contributed by atoms with Gasteiger partial charge in [0.2, 0.25) is 0 Å². The Morgan fingerprint density at radius 1 is 0.891 bits per heavy atom. The number of rotatable bonds is 15. The molecular weight excluding hydrogens is 714 g/mol. The topological polar surface area (TPSA) is 93.6 Å². The molecule has 3 fully saturated rings. The quantitative estimate of drug-likeness (QED) is 0.119. The number of piperidine rings is 2. The SMILES string of the molecule is Cc1c(COc2cc(OCc3cccnc3)c(CN3CCCC[C@H]3C(=O)O)cc2Cl)cccc1-c1cccc(OCCCN2CCC3(CCOC3)CC2)c1C. The summed E-state index contributed by atoms with van der Waals surface area (Å²) in [6.45, 7) is 11.9. The van der Waals surface area contributed by atoms with E-state index in [4.69, 9.17) is 30.5 Å². The predicted molar refractivity (Wildman–Crippen MR) is 215 cm³/mol. The molecule has 3 aliphatic rings. The second kappa shape index (κ2) is 18.2. The third kappa shape index (κ3) is 9.63. The third-order valence-corrected chi connectivity index (χ3v) is 12.2. The van der Waals surface area contributed by atoms with Gasteiger partial charge in [-0.3, -0.25) is 14.7 Å². The van der Waals surface area contributed by atoms with Crippen molar-refractivity contribution in [1.82, 2.24) is 14.8 Å². The van der Waals surface area contributed by atoms with Crippen molar-refractivity contribution in [3.63, 3.8) is 0 Å². The van der Waals surface area contributed by atoms with Crippen molar-refractivity contribution in [1.29, 1.82) is 0 Å². The molecule has 1 aromatic heterocycles. The van der Waals surface area contributed by atoms with E-state index in [0.717, 1.165) is 96.8 Å². The lowest BCUT2D eigenvalue weighted by atomic mass is 9.78. The summed E-state index contributed by atoms with van der Waals surface area (Å²) < 4.78 is 24.8. The van der Waals surface area contributed by atoms with Gasteiger partial charge in [-0.25, -0.2) is 0 Å². The first-order valence-electron chi connectivity index (χ1n) is 19.8. The van der Waals surface area contributed by atoms with Crippen molar-refractivity contribution in [3.05, 3.63) is 106 Å². The monoisotopic (exact) mass is 767 g/mol. The fraction of sp³-hybridized carbons (Fsp3) is 0.467. The number of likely N-dealkylation sites (tertiary alicyclic amines) is 2. The summed E-state index contributed by atoms with van der Waals surface area (Å²) in [6.07, 6.45) is 10.7. The van der Waals surface area contributed by atoms with Crippen LogP contribution < -0.4 is 14.2 Å². The Balaban J connectivity index is 1.01. The van der Waals surface area contributed by atoms with Crippen LogP contribution in [0.3, 0.4) is 0 Å². The van der Waals surface area contributed by atoms with Crippen molar-refractivity contribution < 1.29 is 28.8 Å². The zero-order valence-corrected chi connectivity index (χ0v) is 33.0. The summed E-state index contributed by atoms with van der Waals surface area (Å²) in [5, 5.41) is 10.4. The number of hydrogen-bond acceptors (Lipinski definition) is 8. The van der Waals surface area contributed by atoms with Gasteiger partial charge in [0.05, 0.1) is 18.2 Å². The van der Waals surface area contributed by atoms with Gasteiger partial charge in [-0.05, 0) is 123 Å². The average Bonchev–Trinajstić information content (AvgIpc) is 3.66. The fourth-order valence-electron chi connectivity index (χ4n) is 8.38. The highest BCUT2D eigenvalue weighted by Gasteiger charge is 2.37. The fourth-order valence-corrected chi connectivity index (χ4v) is 8.62. The normalized spacial score (nSPS) is 18.7. The maximum atomic E-state index is 12.1. The summed E-state index contributed by atoms with van der Waals surface area (Å²) in [4.78, 5) is 20.9. The molecule has 1 N–H and O–H groups in total. The van der Waals surface area contributed by atoms with Crippen LogP contribution in [0.2, 0.25) is 5.02 Å². The van der Waals surface area contributed by atoms with E-state index in [2.05, 4.69) is 60.1 Å². The van der Waals surface area contributed by atoms with Crippen molar-refractivity contribution >= 4 is 17.6 Å². The average molecular weight is 768 g/mol. The van der Waals surface area contributed by atoms with Gasteiger partial charge in [0.1, 0.15) is 36.5 Å². The van der Waals surface area contributed by atoms with E-state index in [9.17, 15) is 9.90 Å². The van der Waals surface area contributed by atoms with Crippen LogP contribution in [0.1, 0.15) is 72.8 Å². The molecule has 0 unspecified atom stereocenters. The van der Waals surface area contributed by atoms with E-state index < -0.39 is 12.0 Å². The Labute approximate surface area is 330 Å². The summed E-state index contributed by atoms with van der Waals surface area (Å²) in [5.41, 5.74) is 7.77. The smallest absolute Gasteiger partial charge is 0.320 e. The predicted octanol–water partition coefficient (Wildman–Crippen LogP) is 8.89. The molecule has 55 heavy (non-hydrogen) atoms. The maximum Gasteiger partial charge on any atom is 0.320 e.